The molecule has 5 rings (SSSR count). The first-order valence-corrected chi connectivity index (χ1v) is 14.5. The number of carbonyl (C=O) groups is 3. The average Bonchev–Trinajstić information content (AvgIpc) is 3.21. The Morgan fingerprint density at radius 2 is 1.57 bits per heavy atom. The standard InChI is InChI=1S/C32H42N4O4/c1-19(2)32(20(3)4)17-27-36(31(39)25(14-15-40-27)34-26(37)18-33-5)29(32)30(38)35-28-23-12-8-6-10-21(23)16-22-11-7-9-13-24(22)28/h6-13,19-20,25,27-29,33H,14-18H2,1-5H3,(H,34,37)(H,35,38). The molecule has 0 aromatic heterocycles. The monoisotopic (exact) mass is 546 g/mol. The van der Waals surface area contributed by atoms with E-state index < -0.39 is 23.7 Å². The molecular weight excluding hydrogens is 504 g/mol. The third kappa shape index (κ3) is 4.81. The number of fused-ring (bicyclic) bond motifs is 3. The molecule has 2 aromatic rings. The van der Waals surface area contributed by atoms with Crippen LogP contribution in [0.1, 0.15) is 68.8 Å². The maximum absolute atomic E-state index is 14.6. The van der Waals surface area contributed by atoms with Crippen LogP contribution in [0.2, 0.25) is 0 Å². The van der Waals surface area contributed by atoms with Crippen LogP contribution in [0.4, 0.5) is 0 Å². The topological polar surface area (TPSA) is 99.8 Å². The molecule has 3 amide bonds. The first kappa shape index (κ1) is 28.3. The van der Waals surface area contributed by atoms with E-state index >= 15 is 0 Å². The van der Waals surface area contributed by atoms with Crippen molar-refractivity contribution in [3.8, 4) is 0 Å². The molecule has 0 radical (unpaired) electrons. The minimum absolute atomic E-state index is 0.106. The van der Waals surface area contributed by atoms with Gasteiger partial charge in [-0.1, -0.05) is 76.2 Å². The maximum atomic E-state index is 14.6. The summed E-state index contributed by atoms with van der Waals surface area (Å²) >= 11 is 0. The first-order valence-electron chi connectivity index (χ1n) is 14.5. The van der Waals surface area contributed by atoms with Gasteiger partial charge in [-0.15, -0.1) is 0 Å². The van der Waals surface area contributed by atoms with Crippen LogP contribution >= 0.6 is 0 Å². The van der Waals surface area contributed by atoms with Crippen molar-refractivity contribution in [3.05, 3.63) is 70.8 Å². The van der Waals surface area contributed by atoms with E-state index in [0.717, 1.165) is 17.5 Å². The predicted octanol–water partition coefficient (Wildman–Crippen LogP) is 3.15. The van der Waals surface area contributed by atoms with Crippen LogP contribution in [0.5, 0.6) is 0 Å². The molecule has 0 bridgehead atoms. The molecular formula is C32H42N4O4. The van der Waals surface area contributed by atoms with Crippen molar-refractivity contribution in [2.45, 2.75) is 71.3 Å². The number of amides is 3. The lowest BCUT2D eigenvalue weighted by Crippen LogP contribution is -2.60. The Morgan fingerprint density at radius 3 is 2.15 bits per heavy atom. The van der Waals surface area contributed by atoms with Gasteiger partial charge >= 0.3 is 0 Å². The molecule has 3 N–H and O–H groups in total. The summed E-state index contributed by atoms with van der Waals surface area (Å²) in [7, 11) is 1.69. The van der Waals surface area contributed by atoms with E-state index in [1.54, 1.807) is 11.9 Å². The molecule has 3 unspecified atom stereocenters. The Kier molecular flexibility index (Phi) is 8.02. The van der Waals surface area contributed by atoms with Crippen LogP contribution < -0.4 is 16.0 Å². The molecule has 2 aromatic carbocycles. The van der Waals surface area contributed by atoms with E-state index in [1.807, 2.05) is 24.3 Å². The van der Waals surface area contributed by atoms with E-state index in [1.165, 1.54) is 11.1 Å². The van der Waals surface area contributed by atoms with Crippen LogP contribution in [0.25, 0.3) is 0 Å². The molecule has 2 aliphatic heterocycles. The molecule has 3 atom stereocenters. The highest BCUT2D eigenvalue weighted by molar-refractivity contribution is 5.94. The summed E-state index contributed by atoms with van der Waals surface area (Å²) in [5.74, 6) is -0.473. The smallest absolute Gasteiger partial charge is 0.247 e. The van der Waals surface area contributed by atoms with Crippen molar-refractivity contribution in [1.29, 1.82) is 0 Å². The Hall–Kier alpha value is -3.23. The number of rotatable bonds is 7. The van der Waals surface area contributed by atoms with E-state index in [4.69, 9.17) is 4.74 Å². The maximum Gasteiger partial charge on any atom is 0.247 e. The Bertz CT molecular complexity index is 1220. The first-order chi connectivity index (χ1) is 19.2. The minimum Gasteiger partial charge on any atom is -0.358 e. The molecule has 0 saturated carbocycles. The lowest BCUT2D eigenvalue weighted by Gasteiger charge is -2.44. The fourth-order valence-corrected chi connectivity index (χ4v) is 7.35. The second-order valence-electron chi connectivity index (χ2n) is 12.1. The molecule has 8 heteroatoms. The zero-order valence-corrected chi connectivity index (χ0v) is 24.2. The van der Waals surface area contributed by atoms with Crippen molar-refractivity contribution in [3.63, 3.8) is 0 Å². The SMILES string of the molecule is CNCC(=O)NC1CCOC2CC(C(C)C)(C(C)C)C(C(=O)NC3c4ccccc4Cc4ccccc43)N2C1=O. The highest BCUT2D eigenvalue weighted by Crippen LogP contribution is 2.53. The summed E-state index contributed by atoms with van der Waals surface area (Å²) in [5.41, 5.74) is 4.04. The van der Waals surface area contributed by atoms with Crippen molar-refractivity contribution >= 4 is 17.7 Å². The number of benzene rings is 2. The zero-order chi connectivity index (χ0) is 28.6. The Labute approximate surface area is 237 Å². The zero-order valence-electron chi connectivity index (χ0n) is 24.2. The number of nitrogens with one attached hydrogen (secondary N) is 3. The summed E-state index contributed by atoms with van der Waals surface area (Å²) in [6, 6.07) is 14.7. The highest BCUT2D eigenvalue weighted by Gasteiger charge is 2.61. The number of hydrogen-bond donors (Lipinski definition) is 3. The van der Waals surface area contributed by atoms with Gasteiger partial charge in [0.1, 0.15) is 18.3 Å². The average molecular weight is 547 g/mol. The molecule has 3 aliphatic rings. The molecule has 2 saturated heterocycles. The van der Waals surface area contributed by atoms with Gasteiger partial charge in [0.2, 0.25) is 17.7 Å². The summed E-state index contributed by atoms with van der Waals surface area (Å²) in [5, 5.41) is 9.11. The van der Waals surface area contributed by atoms with Crippen molar-refractivity contribution in [2.24, 2.45) is 17.3 Å². The highest BCUT2D eigenvalue weighted by atomic mass is 16.5. The van der Waals surface area contributed by atoms with Crippen molar-refractivity contribution in [2.75, 3.05) is 20.2 Å². The van der Waals surface area contributed by atoms with E-state index in [2.05, 4.69) is 67.9 Å². The quantitative estimate of drug-likeness (QED) is 0.496. The second kappa shape index (κ2) is 11.3. The van der Waals surface area contributed by atoms with Gasteiger partial charge in [0, 0.05) is 18.3 Å². The van der Waals surface area contributed by atoms with Crippen LogP contribution in [0.15, 0.2) is 48.5 Å². The molecule has 1 aliphatic carbocycles. The number of nitrogens with zero attached hydrogens (tertiary/aromatic N) is 1. The largest absolute Gasteiger partial charge is 0.358 e. The van der Waals surface area contributed by atoms with Gasteiger partial charge in [-0.25, -0.2) is 0 Å². The van der Waals surface area contributed by atoms with Gasteiger partial charge in [0.25, 0.3) is 0 Å². The summed E-state index contributed by atoms with van der Waals surface area (Å²) in [6.07, 6.45) is 1.24. The van der Waals surface area contributed by atoms with E-state index in [0.29, 0.717) is 19.4 Å². The Morgan fingerprint density at radius 1 is 0.975 bits per heavy atom. The van der Waals surface area contributed by atoms with Gasteiger partial charge in [0.15, 0.2) is 0 Å². The molecule has 2 fully saturated rings. The van der Waals surface area contributed by atoms with Gasteiger partial charge in [-0.3, -0.25) is 14.4 Å². The third-order valence-electron chi connectivity index (χ3n) is 9.37. The van der Waals surface area contributed by atoms with Crippen molar-refractivity contribution < 1.29 is 19.1 Å². The van der Waals surface area contributed by atoms with Crippen LogP contribution in [0, 0.1) is 17.3 Å². The number of ether oxygens (including phenoxy) is 1. The van der Waals surface area contributed by atoms with Gasteiger partial charge in [0.05, 0.1) is 19.2 Å². The molecule has 2 heterocycles. The van der Waals surface area contributed by atoms with Gasteiger partial charge in [-0.2, -0.15) is 0 Å². The predicted molar refractivity (Wildman–Crippen MR) is 153 cm³/mol. The number of hydrogen-bond acceptors (Lipinski definition) is 5. The molecule has 8 nitrogen and oxygen atoms in total. The lowest BCUT2D eigenvalue weighted by molar-refractivity contribution is -0.151. The summed E-state index contributed by atoms with van der Waals surface area (Å²) < 4.78 is 6.27. The van der Waals surface area contributed by atoms with Crippen molar-refractivity contribution in [1.82, 2.24) is 20.9 Å². The summed E-state index contributed by atoms with van der Waals surface area (Å²) in [6.45, 7) is 8.98. The third-order valence-corrected chi connectivity index (χ3v) is 9.37. The second-order valence-corrected chi connectivity index (χ2v) is 12.1. The normalized spacial score (nSPS) is 23.8. The van der Waals surface area contributed by atoms with Gasteiger partial charge < -0.3 is 25.6 Å². The Balaban J connectivity index is 1.55. The minimum atomic E-state index is -0.743. The fourth-order valence-electron chi connectivity index (χ4n) is 7.35. The molecule has 214 valence electrons. The van der Waals surface area contributed by atoms with Crippen LogP contribution in [-0.4, -0.2) is 61.1 Å². The van der Waals surface area contributed by atoms with Gasteiger partial charge in [-0.05, 0) is 47.6 Å². The molecule has 0 spiro atoms. The lowest BCUT2D eigenvalue weighted by atomic mass is 9.63. The van der Waals surface area contributed by atoms with E-state index in [9.17, 15) is 14.4 Å². The summed E-state index contributed by atoms with van der Waals surface area (Å²) in [4.78, 5) is 42.9. The van der Waals surface area contributed by atoms with Crippen LogP contribution in [0.3, 0.4) is 0 Å². The number of carbonyl (C=O) groups excluding carboxylic acids is 3. The van der Waals surface area contributed by atoms with E-state index in [-0.39, 0.29) is 42.1 Å². The fraction of sp³-hybridized carbons (Fsp3) is 0.531. The molecule has 40 heavy (non-hydrogen) atoms. The number of likely N-dealkylation sites (N-methyl/N-ethyl adjacent to an activating group) is 1. The van der Waals surface area contributed by atoms with Crippen LogP contribution in [-0.2, 0) is 25.5 Å².